The molecular formula is C15H20FNO2. The van der Waals surface area contributed by atoms with Gasteiger partial charge in [-0.1, -0.05) is 0 Å². The van der Waals surface area contributed by atoms with Crippen LogP contribution in [0, 0.1) is 5.82 Å². The Hall–Kier alpha value is -1.42. The zero-order valence-corrected chi connectivity index (χ0v) is 11.1. The highest BCUT2D eigenvalue weighted by atomic mass is 19.1. The fraction of sp³-hybridized carbons (Fsp3) is 0.533. The van der Waals surface area contributed by atoms with Gasteiger partial charge in [-0.05, 0) is 43.7 Å². The van der Waals surface area contributed by atoms with Gasteiger partial charge in [0.05, 0.1) is 6.61 Å². The number of Topliss-reactive ketones (excluding diaryl/α,β-unsaturated/α-hetero) is 1. The van der Waals surface area contributed by atoms with Crippen LogP contribution in [-0.2, 0) is 4.79 Å². The first-order chi connectivity index (χ1) is 9.24. The molecule has 1 aromatic carbocycles. The Morgan fingerprint density at radius 2 is 1.79 bits per heavy atom. The molecule has 2 rings (SSSR count). The van der Waals surface area contributed by atoms with Crippen molar-refractivity contribution in [1.82, 2.24) is 4.90 Å². The maximum atomic E-state index is 12.7. The number of piperidine rings is 1. The number of ether oxygens (including phenoxy) is 1. The number of likely N-dealkylation sites (tertiary alicyclic amines) is 1. The minimum atomic E-state index is -0.244. The molecule has 1 aliphatic heterocycles. The molecule has 19 heavy (non-hydrogen) atoms. The van der Waals surface area contributed by atoms with E-state index in [4.69, 9.17) is 4.74 Å². The van der Waals surface area contributed by atoms with Crippen molar-refractivity contribution in [2.75, 3.05) is 26.2 Å². The largest absolute Gasteiger partial charge is 0.494 e. The van der Waals surface area contributed by atoms with E-state index < -0.39 is 0 Å². The van der Waals surface area contributed by atoms with Crippen molar-refractivity contribution in [3.05, 3.63) is 30.1 Å². The molecule has 0 aliphatic carbocycles. The second-order valence-electron chi connectivity index (χ2n) is 4.89. The summed E-state index contributed by atoms with van der Waals surface area (Å²) >= 11 is 0. The van der Waals surface area contributed by atoms with E-state index in [9.17, 15) is 9.18 Å². The molecular weight excluding hydrogens is 245 g/mol. The van der Waals surface area contributed by atoms with Gasteiger partial charge in [-0.15, -0.1) is 0 Å². The molecule has 0 atom stereocenters. The van der Waals surface area contributed by atoms with E-state index in [0.29, 0.717) is 31.0 Å². The van der Waals surface area contributed by atoms with Crippen molar-refractivity contribution in [2.24, 2.45) is 0 Å². The monoisotopic (exact) mass is 265 g/mol. The predicted octanol–water partition coefficient (Wildman–Crippen LogP) is 2.65. The van der Waals surface area contributed by atoms with Gasteiger partial charge in [0.1, 0.15) is 17.3 Å². The van der Waals surface area contributed by atoms with Gasteiger partial charge in [0.15, 0.2) is 0 Å². The Morgan fingerprint density at radius 1 is 1.11 bits per heavy atom. The Bertz CT molecular complexity index is 395. The highest BCUT2D eigenvalue weighted by Gasteiger charge is 2.14. The lowest BCUT2D eigenvalue weighted by Gasteiger charge is -2.25. The third-order valence-corrected chi connectivity index (χ3v) is 3.36. The third kappa shape index (κ3) is 4.99. The molecule has 104 valence electrons. The molecule has 0 aromatic heterocycles. The molecule has 1 heterocycles. The quantitative estimate of drug-likeness (QED) is 0.741. The summed E-state index contributed by atoms with van der Waals surface area (Å²) in [5, 5.41) is 0. The molecule has 0 saturated carbocycles. The maximum absolute atomic E-state index is 12.7. The molecule has 4 heteroatoms. The standard InChI is InChI=1S/C15H20FNO2/c16-13-3-5-15(6-4-13)19-12-2-1-9-17-10-7-14(18)8-11-17/h3-6H,1-2,7-12H2. The van der Waals surface area contributed by atoms with Gasteiger partial charge in [0.2, 0.25) is 0 Å². The second kappa shape index (κ2) is 7.24. The van der Waals surface area contributed by atoms with Crippen LogP contribution in [0.4, 0.5) is 4.39 Å². The average molecular weight is 265 g/mol. The topological polar surface area (TPSA) is 29.5 Å². The van der Waals surface area contributed by atoms with Crippen LogP contribution in [-0.4, -0.2) is 36.9 Å². The summed E-state index contributed by atoms with van der Waals surface area (Å²) in [6.07, 6.45) is 3.44. The van der Waals surface area contributed by atoms with Gasteiger partial charge in [-0.3, -0.25) is 4.79 Å². The third-order valence-electron chi connectivity index (χ3n) is 3.36. The van der Waals surface area contributed by atoms with Crippen LogP contribution in [0.3, 0.4) is 0 Å². The number of halogens is 1. The van der Waals surface area contributed by atoms with Crippen LogP contribution in [0.5, 0.6) is 5.75 Å². The number of hydrogen-bond donors (Lipinski definition) is 0. The van der Waals surface area contributed by atoms with E-state index >= 15 is 0 Å². The van der Waals surface area contributed by atoms with Crippen LogP contribution in [0.15, 0.2) is 24.3 Å². The van der Waals surface area contributed by atoms with E-state index in [-0.39, 0.29) is 5.82 Å². The molecule has 0 spiro atoms. The first kappa shape index (κ1) is 14.0. The molecule has 0 unspecified atom stereocenters. The summed E-state index contributed by atoms with van der Waals surface area (Å²) in [6.45, 7) is 3.48. The van der Waals surface area contributed by atoms with Crippen LogP contribution < -0.4 is 4.74 Å². The molecule has 1 saturated heterocycles. The second-order valence-corrected chi connectivity index (χ2v) is 4.89. The van der Waals surface area contributed by atoms with E-state index in [1.165, 1.54) is 12.1 Å². The number of ketones is 1. The van der Waals surface area contributed by atoms with Crippen molar-refractivity contribution >= 4 is 5.78 Å². The van der Waals surface area contributed by atoms with Gasteiger partial charge in [0.25, 0.3) is 0 Å². The SMILES string of the molecule is O=C1CCN(CCCCOc2ccc(F)cc2)CC1. The Kier molecular flexibility index (Phi) is 5.33. The van der Waals surface area contributed by atoms with Gasteiger partial charge < -0.3 is 9.64 Å². The average Bonchev–Trinajstić information content (AvgIpc) is 2.43. The number of rotatable bonds is 6. The molecule has 0 N–H and O–H groups in total. The fourth-order valence-corrected chi connectivity index (χ4v) is 2.18. The summed E-state index contributed by atoms with van der Waals surface area (Å²) in [6, 6.07) is 6.09. The van der Waals surface area contributed by atoms with E-state index in [0.717, 1.165) is 32.5 Å². The Labute approximate surface area is 113 Å². The highest BCUT2D eigenvalue weighted by molar-refractivity contribution is 5.79. The summed E-state index contributed by atoms with van der Waals surface area (Å²) in [5.41, 5.74) is 0. The van der Waals surface area contributed by atoms with Crippen LogP contribution >= 0.6 is 0 Å². The Morgan fingerprint density at radius 3 is 2.47 bits per heavy atom. The van der Waals surface area contributed by atoms with Gasteiger partial charge in [-0.2, -0.15) is 0 Å². The zero-order valence-electron chi connectivity index (χ0n) is 11.1. The minimum Gasteiger partial charge on any atom is -0.494 e. The van der Waals surface area contributed by atoms with Gasteiger partial charge in [0, 0.05) is 25.9 Å². The zero-order chi connectivity index (χ0) is 13.5. The number of carbonyl (C=O) groups excluding carboxylic acids is 1. The molecule has 0 amide bonds. The number of unbranched alkanes of at least 4 members (excludes halogenated alkanes) is 1. The summed E-state index contributed by atoms with van der Waals surface area (Å²) < 4.78 is 18.2. The molecule has 1 fully saturated rings. The number of nitrogens with zero attached hydrogens (tertiary/aromatic N) is 1. The lowest BCUT2D eigenvalue weighted by Crippen LogP contribution is -2.34. The number of hydrogen-bond acceptors (Lipinski definition) is 3. The summed E-state index contributed by atoms with van der Waals surface area (Å²) in [4.78, 5) is 13.4. The molecule has 3 nitrogen and oxygen atoms in total. The summed E-state index contributed by atoms with van der Waals surface area (Å²) in [7, 11) is 0. The Balaban J connectivity index is 1.55. The number of carbonyl (C=O) groups is 1. The number of benzene rings is 1. The van der Waals surface area contributed by atoms with E-state index in [1.54, 1.807) is 12.1 Å². The van der Waals surface area contributed by atoms with Crippen LogP contribution in [0.25, 0.3) is 0 Å². The van der Waals surface area contributed by atoms with Crippen LogP contribution in [0.2, 0.25) is 0 Å². The molecule has 0 radical (unpaired) electrons. The van der Waals surface area contributed by atoms with Crippen molar-refractivity contribution in [2.45, 2.75) is 25.7 Å². The molecule has 1 aliphatic rings. The first-order valence-electron chi connectivity index (χ1n) is 6.86. The van der Waals surface area contributed by atoms with Gasteiger partial charge >= 0.3 is 0 Å². The maximum Gasteiger partial charge on any atom is 0.135 e. The lowest BCUT2D eigenvalue weighted by molar-refractivity contribution is -0.121. The van der Waals surface area contributed by atoms with Crippen molar-refractivity contribution in [3.8, 4) is 5.75 Å². The molecule has 1 aromatic rings. The van der Waals surface area contributed by atoms with E-state index in [1.807, 2.05) is 0 Å². The van der Waals surface area contributed by atoms with Gasteiger partial charge in [-0.25, -0.2) is 4.39 Å². The normalized spacial score (nSPS) is 16.6. The summed E-state index contributed by atoms with van der Waals surface area (Å²) in [5.74, 6) is 0.854. The van der Waals surface area contributed by atoms with Crippen molar-refractivity contribution in [3.63, 3.8) is 0 Å². The van der Waals surface area contributed by atoms with Crippen LogP contribution in [0.1, 0.15) is 25.7 Å². The van der Waals surface area contributed by atoms with E-state index in [2.05, 4.69) is 4.90 Å². The fourth-order valence-electron chi connectivity index (χ4n) is 2.18. The predicted molar refractivity (Wildman–Crippen MR) is 71.8 cm³/mol. The minimum absolute atomic E-state index is 0.244. The smallest absolute Gasteiger partial charge is 0.135 e. The lowest BCUT2D eigenvalue weighted by atomic mass is 10.1. The van der Waals surface area contributed by atoms with Crippen molar-refractivity contribution in [1.29, 1.82) is 0 Å². The first-order valence-corrected chi connectivity index (χ1v) is 6.86. The van der Waals surface area contributed by atoms with Crippen molar-refractivity contribution < 1.29 is 13.9 Å². The molecule has 0 bridgehead atoms. The highest BCUT2D eigenvalue weighted by Crippen LogP contribution is 2.12.